The van der Waals surface area contributed by atoms with E-state index in [4.69, 9.17) is 9.47 Å². The van der Waals surface area contributed by atoms with E-state index in [0.717, 1.165) is 0 Å². The second kappa shape index (κ2) is 8.93. The number of aromatic amines is 1. The van der Waals surface area contributed by atoms with Crippen molar-refractivity contribution in [1.29, 1.82) is 0 Å². The van der Waals surface area contributed by atoms with Crippen molar-refractivity contribution in [3.8, 4) is 11.5 Å². The summed E-state index contributed by atoms with van der Waals surface area (Å²) in [5.41, 5.74) is 1.45. The van der Waals surface area contributed by atoms with Gasteiger partial charge in [0.05, 0.1) is 11.0 Å². The minimum absolute atomic E-state index is 0.0531. The lowest BCUT2D eigenvalue weighted by molar-refractivity contribution is -0.146. The molecular formula is C24H24N4O5. The van der Waals surface area contributed by atoms with E-state index in [2.05, 4.69) is 9.97 Å². The topological polar surface area (TPSA) is 105 Å². The van der Waals surface area contributed by atoms with Gasteiger partial charge in [0, 0.05) is 39.0 Å². The van der Waals surface area contributed by atoms with Gasteiger partial charge in [-0.3, -0.25) is 14.4 Å². The monoisotopic (exact) mass is 448 g/mol. The molecule has 1 aromatic heterocycles. The van der Waals surface area contributed by atoms with Crippen LogP contribution in [0.1, 0.15) is 12.1 Å². The highest BCUT2D eigenvalue weighted by Crippen LogP contribution is 2.31. The zero-order valence-corrected chi connectivity index (χ0v) is 18.0. The van der Waals surface area contributed by atoms with Crippen LogP contribution in [-0.2, 0) is 16.0 Å². The Morgan fingerprint density at radius 3 is 2.48 bits per heavy atom. The lowest BCUT2D eigenvalue weighted by Gasteiger charge is -2.37. The number of rotatable bonds is 4. The van der Waals surface area contributed by atoms with E-state index in [-0.39, 0.29) is 36.8 Å². The first kappa shape index (κ1) is 21.0. The maximum atomic E-state index is 12.9. The van der Waals surface area contributed by atoms with Crippen molar-refractivity contribution in [2.24, 2.45) is 0 Å². The summed E-state index contributed by atoms with van der Waals surface area (Å²) in [6.07, 6.45) is -0.225. The minimum atomic E-state index is -0.687. The summed E-state index contributed by atoms with van der Waals surface area (Å²) in [4.78, 5) is 48.5. The Labute approximate surface area is 189 Å². The standard InChI is InChI=1S/C24H24N4O5/c29-22(10-9-18-23(30)26-17-6-2-1-5-16(17)25-18)27-11-13-28(14-12-27)24(31)21-15-32-19-7-3-4-8-20(19)33-21/h1-8,21H,9-15H2,(H,26,30). The van der Waals surface area contributed by atoms with Gasteiger partial charge >= 0.3 is 0 Å². The maximum Gasteiger partial charge on any atom is 0.270 e. The summed E-state index contributed by atoms with van der Waals surface area (Å²) in [6, 6.07) is 14.6. The quantitative estimate of drug-likeness (QED) is 0.646. The minimum Gasteiger partial charge on any atom is -0.485 e. The van der Waals surface area contributed by atoms with Gasteiger partial charge in [-0.1, -0.05) is 24.3 Å². The zero-order chi connectivity index (χ0) is 22.8. The van der Waals surface area contributed by atoms with Crippen molar-refractivity contribution in [2.75, 3.05) is 32.8 Å². The van der Waals surface area contributed by atoms with Crippen LogP contribution in [0.15, 0.2) is 53.3 Å². The molecule has 1 fully saturated rings. The van der Waals surface area contributed by atoms with Gasteiger partial charge in [-0.15, -0.1) is 0 Å². The van der Waals surface area contributed by atoms with Crippen LogP contribution < -0.4 is 15.0 Å². The summed E-state index contributed by atoms with van der Waals surface area (Å²) < 4.78 is 11.5. The molecule has 0 saturated carbocycles. The van der Waals surface area contributed by atoms with Crippen molar-refractivity contribution in [3.63, 3.8) is 0 Å². The Kier molecular flexibility index (Phi) is 5.68. The molecule has 9 heteroatoms. The predicted octanol–water partition coefficient (Wildman–Crippen LogP) is 1.37. The van der Waals surface area contributed by atoms with Crippen LogP contribution in [0.2, 0.25) is 0 Å². The normalized spacial score (nSPS) is 17.8. The van der Waals surface area contributed by atoms with Gasteiger partial charge in [-0.25, -0.2) is 4.98 Å². The Hall–Kier alpha value is -3.88. The summed E-state index contributed by atoms with van der Waals surface area (Å²) in [6.45, 7) is 1.91. The molecule has 0 bridgehead atoms. The van der Waals surface area contributed by atoms with Crippen molar-refractivity contribution in [1.82, 2.24) is 19.8 Å². The Bertz CT molecular complexity index is 1250. The highest BCUT2D eigenvalue weighted by molar-refractivity contribution is 5.83. The molecule has 9 nitrogen and oxygen atoms in total. The second-order valence-electron chi connectivity index (χ2n) is 8.10. The van der Waals surface area contributed by atoms with Gasteiger partial charge in [-0.05, 0) is 24.3 Å². The van der Waals surface area contributed by atoms with Crippen molar-refractivity contribution >= 4 is 22.8 Å². The molecule has 1 unspecified atom stereocenters. The average Bonchev–Trinajstić information content (AvgIpc) is 2.86. The van der Waals surface area contributed by atoms with Gasteiger partial charge in [0.25, 0.3) is 11.5 Å². The molecule has 1 saturated heterocycles. The number of aryl methyl sites for hydroxylation is 1. The third-order valence-corrected chi connectivity index (χ3v) is 5.97. The van der Waals surface area contributed by atoms with E-state index in [9.17, 15) is 14.4 Å². The number of para-hydroxylation sites is 4. The average molecular weight is 448 g/mol. The van der Waals surface area contributed by atoms with Crippen molar-refractivity contribution in [2.45, 2.75) is 18.9 Å². The number of piperazine rings is 1. The van der Waals surface area contributed by atoms with Gasteiger partial charge in [0.2, 0.25) is 12.0 Å². The second-order valence-corrected chi connectivity index (χ2v) is 8.10. The van der Waals surface area contributed by atoms with E-state index < -0.39 is 6.10 Å². The molecule has 170 valence electrons. The summed E-state index contributed by atoms with van der Waals surface area (Å²) in [5.74, 6) is 1.01. The molecule has 33 heavy (non-hydrogen) atoms. The number of benzene rings is 2. The number of ether oxygens (including phenoxy) is 2. The SMILES string of the molecule is O=C(CCc1nc2ccccc2[nH]c1=O)N1CCN(C(=O)C2COc3ccccc3O2)CC1. The number of fused-ring (bicyclic) bond motifs is 2. The molecule has 0 spiro atoms. The smallest absolute Gasteiger partial charge is 0.270 e. The molecule has 1 N–H and O–H groups in total. The van der Waals surface area contributed by atoms with Crippen LogP contribution in [0.5, 0.6) is 11.5 Å². The Morgan fingerprint density at radius 1 is 0.970 bits per heavy atom. The maximum absolute atomic E-state index is 12.9. The zero-order valence-electron chi connectivity index (χ0n) is 18.0. The molecule has 3 aromatic rings. The molecule has 2 aliphatic rings. The van der Waals surface area contributed by atoms with E-state index in [0.29, 0.717) is 54.4 Å². The number of hydrogen-bond acceptors (Lipinski definition) is 6. The number of H-pyrrole nitrogens is 1. The van der Waals surface area contributed by atoms with E-state index in [1.807, 2.05) is 36.4 Å². The van der Waals surface area contributed by atoms with Crippen molar-refractivity contribution < 1.29 is 19.1 Å². The highest BCUT2D eigenvalue weighted by atomic mass is 16.6. The third kappa shape index (κ3) is 4.39. The molecule has 5 rings (SSSR count). The molecule has 2 aromatic carbocycles. The van der Waals surface area contributed by atoms with Crippen LogP contribution >= 0.6 is 0 Å². The first-order valence-corrected chi connectivity index (χ1v) is 11.0. The van der Waals surface area contributed by atoms with E-state index in [1.54, 1.807) is 21.9 Å². The fourth-order valence-corrected chi connectivity index (χ4v) is 4.14. The largest absolute Gasteiger partial charge is 0.485 e. The Balaban J connectivity index is 1.14. The lowest BCUT2D eigenvalue weighted by Crippen LogP contribution is -2.55. The number of hydrogen-bond donors (Lipinski definition) is 1. The number of carbonyl (C=O) groups is 2. The van der Waals surface area contributed by atoms with Crippen LogP contribution in [0.4, 0.5) is 0 Å². The molecule has 2 aliphatic heterocycles. The molecule has 0 radical (unpaired) electrons. The number of amides is 2. The summed E-state index contributed by atoms with van der Waals surface area (Å²) in [5, 5.41) is 0. The predicted molar refractivity (Wildman–Crippen MR) is 120 cm³/mol. The highest BCUT2D eigenvalue weighted by Gasteiger charge is 2.33. The molecule has 2 amide bonds. The number of aromatic nitrogens is 2. The third-order valence-electron chi connectivity index (χ3n) is 5.97. The van der Waals surface area contributed by atoms with Gasteiger partial charge in [0.15, 0.2) is 11.5 Å². The molecule has 3 heterocycles. The van der Waals surface area contributed by atoms with E-state index in [1.165, 1.54) is 0 Å². The van der Waals surface area contributed by atoms with Gasteiger partial charge in [-0.2, -0.15) is 0 Å². The van der Waals surface area contributed by atoms with Crippen LogP contribution in [0, 0.1) is 0 Å². The molecular weight excluding hydrogens is 424 g/mol. The van der Waals surface area contributed by atoms with Crippen LogP contribution in [0.3, 0.4) is 0 Å². The molecule has 1 atom stereocenters. The van der Waals surface area contributed by atoms with Gasteiger partial charge in [0.1, 0.15) is 12.3 Å². The molecule has 0 aliphatic carbocycles. The first-order valence-electron chi connectivity index (χ1n) is 11.0. The first-order chi connectivity index (χ1) is 16.1. The van der Waals surface area contributed by atoms with Crippen molar-refractivity contribution in [3.05, 3.63) is 64.6 Å². The number of nitrogens with zero attached hydrogens (tertiary/aromatic N) is 3. The fraction of sp³-hybridized carbons (Fsp3) is 0.333. The van der Waals surface area contributed by atoms with Crippen LogP contribution in [-0.4, -0.2) is 70.5 Å². The number of carbonyl (C=O) groups excluding carboxylic acids is 2. The lowest BCUT2D eigenvalue weighted by atomic mass is 10.2. The number of nitrogens with one attached hydrogen (secondary N) is 1. The Morgan fingerprint density at radius 2 is 1.67 bits per heavy atom. The van der Waals surface area contributed by atoms with Crippen LogP contribution in [0.25, 0.3) is 11.0 Å². The fourth-order valence-electron chi connectivity index (χ4n) is 4.14. The van der Waals surface area contributed by atoms with E-state index >= 15 is 0 Å². The summed E-state index contributed by atoms with van der Waals surface area (Å²) in [7, 11) is 0. The van der Waals surface area contributed by atoms with Gasteiger partial charge < -0.3 is 24.3 Å². The summed E-state index contributed by atoms with van der Waals surface area (Å²) >= 11 is 0.